The number of hydrogen-bond acceptors (Lipinski definition) is 2. The minimum Gasteiger partial charge on any atom is -0.489 e. The van der Waals surface area contributed by atoms with E-state index in [9.17, 15) is 9.90 Å². The molecular weight excluding hydrogens is 332 g/mol. The Labute approximate surface area is 133 Å². The van der Waals surface area contributed by atoms with Gasteiger partial charge in [-0.25, -0.2) is 4.79 Å². The van der Waals surface area contributed by atoms with Crippen molar-refractivity contribution in [3.05, 3.63) is 28.2 Å². The zero-order valence-electron chi connectivity index (χ0n) is 12.6. The third-order valence-corrected chi connectivity index (χ3v) is 6.65. The summed E-state index contributed by atoms with van der Waals surface area (Å²) in [5.74, 6) is 0.212. The van der Waals surface area contributed by atoms with Crippen molar-refractivity contribution in [2.75, 3.05) is 0 Å². The quantitative estimate of drug-likeness (QED) is 0.854. The second-order valence-electron chi connectivity index (χ2n) is 7.16. The molecule has 114 valence electrons. The molecule has 21 heavy (non-hydrogen) atoms. The van der Waals surface area contributed by atoms with Crippen LogP contribution in [0.3, 0.4) is 0 Å². The number of hydrogen-bond donors (Lipinski definition) is 1. The van der Waals surface area contributed by atoms with Gasteiger partial charge < -0.3 is 9.84 Å². The van der Waals surface area contributed by atoms with E-state index in [0.29, 0.717) is 11.7 Å². The summed E-state index contributed by atoms with van der Waals surface area (Å²) in [7, 11) is 0. The smallest absolute Gasteiger partial charge is 0.339 e. The molecule has 0 aromatic heterocycles. The molecule has 0 radical (unpaired) electrons. The van der Waals surface area contributed by atoms with E-state index in [0.717, 1.165) is 17.3 Å². The van der Waals surface area contributed by atoms with Crippen LogP contribution in [-0.2, 0) is 0 Å². The monoisotopic (exact) mass is 352 g/mol. The minimum atomic E-state index is -0.940. The molecule has 0 amide bonds. The van der Waals surface area contributed by atoms with Crippen molar-refractivity contribution in [1.82, 2.24) is 0 Å². The molecule has 2 fully saturated rings. The highest BCUT2D eigenvalue weighted by Gasteiger charge is 2.62. The zero-order chi connectivity index (χ0) is 15.4. The summed E-state index contributed by atoms with van der Waals surface area (Å²) in [6, 6.07) is 5.11. The third kappa shape index (κ3) is 2.10. The second kappa shape index (κ2) is 4.73. The Balaban J connectivity index is 1.92. The van der Waals surface area contributed by atoms with E-state index < -0.39 is 5.97 Å². The normalized spacial score (nSPS) is 33.1. The van der Waals surface area contributed by atoms with E-state index in [1.807, 2.05) is 0 Å². The first-order chi connectivity index (χ1) is 9.75. The third-order valence-electron chi connectivity index (χ3n) is 6.16. The summed E-state index contributed by atoms with van der Waals surface area (Å²) >= 11 is 3.40. The molecule has 0 heterocycles. The van der Waals surface area contributed by atoms with Crippen LogP contribution in [-0.4, -0.2) is 17.2 Å². The Kier molecular flexibility index (Phi) is 3.36. The molecule has 0 saturated heterocycles. The van der Waals surface area contributed by atoms with E-state index in [-0.39, 0.29) is 22.5 Å². The molecule has 2 saturated carbocycles. The molecule has 1 aromatic carbocycles. The molecule has 0 aliphatic heterocycles. The van der Waals surface area contributed by atoms with Gasteiger partial charge in [0.15, 0.2) is 0 Å². The van der Waals surface area contributed by atoms with Crippen LogP contribution in [0.2, 0.25) is 0 Å². The number of halogens is 1. The highest BCUT2D eigenvalue weighted by atomic mass is 79.9. The number of ether oxygens (including phenoxy) is 1. The fourth-order valence-corrected chi connectivity index (χ4v) is 4.57. The van der Waals surface area contributed by atoms with Crippen molar-refractivity contribution >= 4 is 21.9 Å². The number of fused-ring (bicyclic) bond motifs is 2. The standard InChI is InChI=1S/C17H21BrO3/c1-16(2)10-6-7-17(16,3)14(8-10)21-13-9-11(18)4-5-12(13)15(19)20/h4-5,9-10,14H,6-8H2,1-3H3,(H,19,20). The number of carbonyl (C=O) groups is 1. The van der Waals surface area contributed by atoms with E-state index >= 15 is 0 Å². The first kappa shape index (κ1) is 14.9. The minimum absolute atomic E-state index is 0.0960. The molecule has 4 heteroatoms. The lowest BCUT2D eigenvalue weighted by atomic mass is 9.70. The van der Waals surface area contributed by atoms with Crippen molar-refractivity contribution < 1.29 is 14.6 Å². The van der Waals surface area contributed by atoms with Gasteiger partial charge in [0.1, 0.15) is 17.4 Å². The van der Waals surface area contributed by atoms with Gasteiger partial charge in [-0.2, -0.15) is 0 Å². The first-order valence-corrected chi connectivity index (χ1v) is 8.24. The van der Waals surface area contributed by atoms with Crippen molar-refractivity contribution in [3.8, 4) is 5.75 Å². The lowest BCUT2D eigenvalue weighted by Gasteiger charge is -2.39. The van der Waals surface area contributed by atoms with Gasteiger partial charge in [0.05, 0.1) is 0 Å². The molecule has 2 aliphatic rings. The highest BCUT2D eigenvalue weighted by molar-refractivity contribution is 9.10. The number of carboxylic acid groups (broad SMARTS) is 1. The van der Waals surface area contributed by atoms with Gasteiger partial charge in [-0.05, 0) is 48.8 Å². The maximum absolute atomic E-state index is 11.4. The van der Waals surface area contributed by atoms with Crippen LogP contribution in [0.1, 0.15) is 50.4 Å². The Hall–Kier alpha value is -1.03. The molecule has 3 nitrogen and oxygen atoms in total. The van der Waals surface area contributed by atoms with Gasteiger partial charge in [-0.1, -0.05) is 36.7 Å². The summed E-state index contributed by atoms with van der Waals surface area (Å²) in [6.45, 7) is 6.95. The van der Waals surface area contributed by atoms with E-state index in [4.69, 9.17) is 4.74 Å². The van der Waals surface area contributed by atoms with Crippen LogP contribution < -0.4 is 4.74 Å². The molecule has 1 N–H and O–H groups in total. The van der Waals surface area contributed by atoms with Gasteiger partial charge in [0, 0.05) is 9.89 Å². The molecule has 3 rings (SSSR count). The van der Waals surface area contributed by atoms with Gasteiger partial charge in [0.2, 0.25) is 0 Å². The van der Waals surface area contributed by atoms with Gasteiger partial charge in [-0.3, -0.25) is 0 Å². The Morgan fingerprint density at radius 3 is 2.62 bits per heavy atom. The average Bonchev–Trinajstić information content (AvgIpc) is 2.71. The number of benzene rings is 1. The Morgan fingerprint density at radius 1 is 1.38 bits per heavy atom. The van der Waals surface area contributed by atoms with Crippen molar-refractivity contribution in [2.24, 2.45) is 16.7 Å². The fraction of sp³-hybridized carbons (Fsp3) is 0.588. The van der Waals surface area contributed by atoms with Crippen LogP contribution in [0.4, 0.5) is 0 Å². The van der Waals surface area contributed by atoms with Crippen molar-refractivity contribution in [1.29, 1.82) is 0 Å². The van der Waals surface area contributed by atoms with E-state index in [1.165, 1.54) is 6.42 Å². The average molecular weight is 353 g/mol. The molecule has 3 atom stereocenters. The Morgan fingerprint density at radius 2 is 2.10 bits per heavy atom. The van der Waals surface area contributed by atoms with Gasteiger partial charge >= 0.3 is 5.97 Å². The van der Waals surface area contributed by atoms with Crippen LogP contribution in [0.15, 0.2) is 22.7 Å². The fourth-order valence-electron chi connectivity index (χ4n) is 4.23. The van der Waals surface area contributed by atoms with E-state index in [2.05, 4.69) is 36.7 Å². The predicted molar refractivity (Wildman–Crippen MR) is 84.7 cm³/mol. The molecule has 1 aromatic rings. The number of rotatable bonds is 3. The summed E-state index contributed by atoms with van der Waals surface area (Å²) in [5.41, 5.74) is 0.616. The molecule has 2 bridgehead atoms. The molecule has 3 unspecified atom stereocenters. The molecule has 0 spiro atoms. The zero-order valence-corrected chi connectivity index (χ0v) is 14.2. The number of aromatic carboxylic acids is 1. The molecular formula is C17H21BrO3. The van der Waals surface area contributed by atoms with E-state index in [1.54, 1.807) is 18.2 Å². The van der Waals surface area contributed by atoms with Crippen LogP contribution in [0, 0.1) is 16.7 Å². The van der Waals surface area contributed by atoms with Gasteiger partial charge in [0.25, 0.3) is 0 Å². The predicted octanol–water partition coefficient (Wildman–Crippen LogP) is 4.74. The first-order valence-electron chi connectivity index (χ1n) is 7.45. The topological polar surface area (TPSA) is 46.5 Å². The van der Waals surface area contributed by atoms with Crippen LogP contribution in [0.25, 0.3) is 0 Å². The SMILES string of the molecule is CC1(C)C2CCC1(C)C(Oc1cc(Br)ccc1C(=O)O)C2. The maximum Gasteiger partial charge on any atom is 0.339 e. The largest absolute Gasteiger partial charge is 0.489 e. The summed E-state index contributed by atoms with van der Waals surface area (Å²) in [5, 5.41) is 9.33. The number of carboxylic acids is 1. The lowest BCUT2D eigenvalue weighted by Crippen LogP contribution is -2.39. The van der Waals surface area contributed by atoms with Crippen LogP contribution in [0.5, 0.6) is 5.75 Å². The highest BCUT2D eigenvalue weighted by Crippen LogP contribution is 2.66. The van der Waals surface area contributed by atoms with Gasteiger partial charge in [-0.15, -0.1) is 0 Å². The summed E-state index contributed by atoms with van der Waals surface area (Å²) in [6.07, 6.45) is 3.53. The Bertz CT molecular complexity index is 596. The van der Waals surface area contributed by atoms with Crippen LogP contribution >= 0.6 is 15.9 Å². The van der Waals surface area contributed by atoms with Crippen molar-refractivity contribution in [2.45, 2.75) is 46.1 Å². The van der Waals surface area contributed by atoms with Crippen molar-refractivity contribution in [3.63, 3.8) is 0 Å². The molecule has 2 aliphatic carbocycles. The summed E-state index contributed by atoms with van der Waals surface area (Å²) < 4.78 is 7.05. The second-order valence-corrected chi connectivity index (χ2v) is 8.08. The lowest BCUT2D eigenvalue weighted by molar-refractivity contribution is 0.0288. The summed E-state index contributed by atoms with van der Waals surface area (Å²) in [4.78, 5) is 11.4. The maximum atomic E-state index is 11.4.